The van der Waals surface area contributed by atoms with Gasteiger partial charge in [0.15, 0.2) is 12.2 Å². The molecule has 0 aromatic heterocycles. The van der Waals surface area contributed by atoms with Crippen LogP contribution in [0.25, 0.3) is 0 Å². The van der Waals surface area contributed by atoms with E-state index in [1.54, 1.807) is 0 Å². The van der Waals surface area contributed by atoms with E-state index in [0.29, 0.717) is 25.7 Å². The molecular formula is C68H132O17P2. The number of rotatable bonds is 67. The van der Waals surface area contributed by atoms with Gasteiger partial charge in [0.05, 0.1) is 26.4 Å². The number of unbranched alkanes of at least 4 members (excludes halogenated alkanes) is 37. The summed E-state index contributed by atoms with van der Waals surface area (Å²) in [7, 11) is -9.89. The fourth-order valence-corrected chi connectivity index (χ4v) is 11.8. The van der Waals surface area contributed by atoms with Crippen LogP contribution in [0, 0.1) is 11.8 Å². The highest BCUT2D eigenvalue weighted by atomic mass is 31.2. The summed E-state index contributed by atoms with van der Waals surface area (Å²) in [6.07, 6.45) is 44.6. The Labute approximate surface area is 530 Å². The van der Waals surface area contributed by atoms with Gasteiger partial charge in [0.1, 0.15) is 19.3 Å². The maximum Gasteiger partial charge on any atom is 0.472 e. The summed E-state index contributed by atoms with van der Waals surface area (Å²) in [5.74, 6) is -0.560. The Hall–Kier alpha value is -1.94. The predicted octanol–water partition coefficient (Wildman–Crippen LogP) is 19.2. The van der Waals surface area contributed by atoms with Crippen LogP contribution in [0.15, 0.2) is 0 Å². The van der Waals surface area contributed by atoms with Crippen molar-refractivity contribution in [1.82, 2.24) is 0 Å². The van der Waals surface area contributed by atoms with Crippen LogP contribution in [-0.4, -0.2) is 96.7 Å². The number of hydrogen-bond acceptors (Lipinski definition) is 15. The van der Waals surface area contributed by atoms with E-state index in [-0.39, 0.29) is 25.7 Å². The normalized spacial score (nSPS) is 14.2. The predicted molar refractivity (Wildman–Crippen MR) is 349 cm³/mol. The molecule has 0 spiro atoms. The largest absolute Gasteiger partial charge is 0.472 e. The van der Waals surface area contributed by atoms with Crippen LogP contribution in [0.5, 0.6) is 0 Å². The van der Waals surface area contributed by atoms with Gasteiger partial charge in [0, 0.05) is 25.7 Å². The standard InChI is InChI=1S/C68H132O17P2/c1-7-9-11-13-15-33-40-46-52-67(72)84-63(56-78-65(70)50-44-38-30-14-12-10-8-2)58-82-86(74,75)80-54-62(69)55-81-87(76,77)83-59-64(57-79-66(71)51-45-39-34-28-25-21-23-27-32-37-43-49-61(5)6)85-68(73)53-47-41-35-29-24-20-18-16-17-19-22-26-31-36-42-48-60(3)4/h60-64,69H,7-59H2,1-6H3,(H,74,75)(H,76,77)/t62-,63+,64+/m0/s1. The number of phosphoric ester groups is 2. The van der Waals surface area contributed by atoms with Crippen molar-refractivity contribution in [3.63, 3.8) is 0 Å². The van der Waals surface area contributed by atoms with E-state index in [4.69, 9.17) is 37.0 Å². The molecule has 19 heteroatoms. The lowest BCUT2D eigenvalue weighted by Gasteiger charge is -2.21. The molecule has 87 heavy (non-hydrogen) atoms. The van der Waals surface area contributed by atoms with E-state index in [1.165, 1.54) is 141 Å². The highest BCUT2D eigenvalue weighted by molar-refractivity contribution is 7.47. The minimum atomic E-state index is -4.95. The Morgan fingerprint density at radius 1 is 0.310 bits per heavy atom. The smallest absolute Gasteiger partial charge is 0.462 e. The summed E-state index contributed by atoms with van der Waals surface area (Å²) in [5.41, 5.74) is 0. The van der Waals surface area contributed by atoms with Gasteiger partial charge >= 0.3 is 39.5 Å². The molecule has 0 amide bonds. The first-order valence-corrected chi connectivity index (χ1v) is 38.5. The number of phosphoric acid groups is 2. The number of hydrogen-bond donors (Lipinski definition) is 3. The van der Waals surface area contributed by atoms with Gasteiger partial charge in [-0.25, -0.2) is 9.13 Å². The first kappa shape index (κ1) is 85.1. The van der Waals surface area contributed by atoms with Gasteiger partial charge in [-0.3, -0.25) is 37.3 Å². The zero-order valence-corrected chi connectivity index (χ0v) is 58.1. The number of aliphatic hydroxyl groups is 1. The van der Waals surface area contributed by atoms with Gasteiger partial charge in [0.2, 0.25) is 0 Å². The molecule has 0 fully saturated rings. The average molecular weight is 1280 g/mol. The van der Waals surface area contributed by atoms with Crippen molar-refractivity contribution in [1.29, 1.82) is 0 Å². The average Bonchev–Trinajstić information content (AvgIpc) is 3.69. The third-order valence-electron chi connectivity index (χ3n) is 15.7. The maximum absolute atomic E-state index is 13.0. The highest BCUT2D eigenvalue weighted by Crippen LogP contribution is 2.45. The molecule has 516 valence electrons. The Morgan fingerprint density at radius 2 is 0.529 bits per heavy atom. The van der Waals surface area contributed by atoms with E-state index < -0.39 is 97.5 Å². The molecule has 0 bridgehead atoms. The lowest BCUT2D eigenvalue weighted by atomic mass is 10.0. The zero-order valence-electron chi connectivity index (χ0n) is 56.3. The van der Waals surface area contributed by atoms with E-state index in [9.17, 15) is 43.2 Å². The third kappa shape index (κ3) is 62.6. The van der Waals surface area contributed by atoms with Crippen LogP contribution in [0.3, 0.4) is 0 Å². The van der Waals surface area contributed by atoms with Gasteiger partial charge in [-0.05, 0) is 37.5 Å². The second-order valence-electron chi connectivity index (χ2n) is 25.5. The Bertz CT molecular complexity index is 1700. The Balaban J connectivity index is 5.17. The van der Waals surface area contributed by atoms with Crippen LogP contribution in [-0.2, 0) is 65.4 Å². The summed E-state index contributed by atoms with van der Waals surface area (Å²) in [4.78, 5) is 72.2. The van der Waals surface area contributed by atoms with Crippen molar-refractivity contribution >= 4 is 39.5 Å². The molecular weight excluding hydrogens is 1150 g/mol. The van der Waals surface area contributed by atoms with Crippen molar-refractivity contribution in [3.05, 3.63) is 0 Å². The first-order chi connectivity index (χ1) is 41.9. The van der Waals surface area contributed by atoms with Crippen molar-refractivity contribution in [2.45, 2.75) is 362 Å². The Kier molecular flexibility index (Phi) is 59.0. The summed E-state index contributed by atoms with van der Waals surface area (Å²) in [6, 6.07) is 0. The van der Waals surface area contributed by atoms with Gasteiger partial charge in [-0.1, -0.05) is 292 Å². The molecule has 0 saturated carbocycles. The number of carbonyl (C=O) groups excluding carboxylic acids is 4. The van der Waals surface area contributed by atoms with Crippen LogP contribution in [0.1, 0.15) is 343 Å². The van der Waals surface area contributed by atoms with E-state index >= 15 is 0 Å². The maximum atomic E-state index is 13.0. The topological polar surface area (TPSA) is 237 Å². The minimum Gasteiger partial charge on any atom is -0.462 e. The third-order valence-corrected chi connectivity index (χ3v) is 17.6. The minimum absolute atomic E-state index is 0.104. The molecule has 0 rings (SSSR count). The van der Waals surface area contributed by atoms with Gasteiger partial charge in [-0.2, -0.15) is 0 Å². The molecule has 5 atom stereocenters. The SMILES string of the molecule is CCCCCCCCCCC(=O)O[C@H](COC(=O)CCCCCCCCC)COP(=O)(O)OC[C@H](O)COP(=O)(O)OC[C@@H](COC(=O)CCCCCCCCCCCCCC(C)C)OC(=O)CCCCCCCCCCCCCCCCCC(C)C. The molecule has 2 unspecified atom stereocenters. The molecule has 0 heterocycles. The van der Waals surface area contributed by atoms with Crippen LogP contribution < -0.4 is 0 Å². The van der Waals surface area contributed by atoms with E-state index in [2.05, 4.69) is 41.5 Å². The molecule has 0 radical (unpaired) electrons. The molecule has 0 aromatic carbocycles. The highest BCUT2D eigenvalue weighted by Gasteiger charge is 2.30. The van der Waals surface area contributed by atoms with Gasteiger partial charge in [0.25, 0.3) is 0 Å². The van der Waals surface area contributed by atoms with Crippen molar-refractivity contribution in [2.75, 3.05) is 39.6 Å². The molecule has 0 aliphatic heterocycles. The fraction of sp³-hybridized carbons (Fsp3) is 0.941. The summed E-state index contributed by atoms with van der Waals surface area (Å²) in [6.45, 7) is 9.49. The lowest BCUT2D eigenvalue weighted by Crippen LogP contribution is -2.30. The van der Waals surface area contributed by atoms with Crippen molar-refractivity contribution in [3.8, 4) is 0 Å². The fourth-order valence-electron chi connectivity index (χ4n) is 10.2. The van der Waals surface area contributed by atoms with E-state index in [0.717, 1.165) is 121 Å². The molecule has 17 nitrogen and oxygen atoms in total. The van der Waals surface area contributed by atoms with Gasteiger partial charge in [-0.15, -0.1) is 0 Å². The molecule has 0 aliphatic carbocycles. The zero-order chi connectivity index (χ0) is 64.3. The molecule has 0 aliphatic rings. The quantitative estimate of drug-likeness (QED) is 0.0222. The second kappa shape index (κ2) is 60.3. The molecule has 0 saturated heterocycles. The number of aliphatic hydroxyl groups excluding tert-OH is 1. The monoisotopic (exact) mass is 1280 g/mol. The van der Waals surface area contributed by atoms with Gasteiger partial charge < -0.3 is 33.8 Å². The van der Waals surface area contributed by atoms with Crippen molar-refractivity contribution < 1.29 is 80.2 Å². The van der Waals surface area contributed by atoms with E-state index in [1.807, 2.05) is 0 Å². The number of ether oxygens (including phenoxy) is 4. The second-order valence-corrected chi connectivity index (χ2v) is 28.4. The molecule has 3 N–H and O–H groups in total. The van der Waals surface area contributed by atoms with Crippen LogP contribution in [0.2, 0.25) is 0 Å². The summed E-state index contributed by atoms with van der Waals surface area (Å²) >= 11 is 0. The number of carbonyl (C=O) groups is 4. The Morgan fingerprint density at radius 3 is 0.782 bits per heavy atom. The van der Waals surface area contributed by atoms with Crippen LogP contribution in [0.4, 0.5) is 0 Å². The number of esters is 4. The van der Waals surface area contributed by atoms with Crippen LogP contribution >= 0.6 is 15.6 Å². The van der Waals surface area contributed by atoms with Crippen molar-refractivity contribution in [2.24, 2.45) is 11.8 Å². The first-order valence-electron chi connectivity index (χ1n) is 35.5. The summed E-state index contributed by atoms with van der Waals surface area (Å²) in [5, 5.41) is 10.5. The summed E-state index contributed by atoms with van der Waals surface area (Å²) < 4.78 is 68.0. The lowest BCUT2D eigenvalue weighted by molar-refractivity contribution is -0.161. The molecule has 0 aromatic rings.